The highest BCUT2D eigenvalue weighted by molar-refractivity contribution is 7.09. The van der Waals surface area contributed by atoms with Crippen LogP contribution in [0.4, 0.5) is 0 Å². The number of ether oxygens (including phenoxy) is 1. The zero-order chi connectivity index (χ0) is 13.0. The molecule has 1 fully saturated rings. The molecule has 1 amide bonds. The van der Waals surface area contributed by atoms with E-state index < -0.39 is 5.97 Å². The molecule has 0 saturated carbocycles. The van der Waals surface area contributed by atoms with E-state index in [1.54, 1.807) is 0 Å². The number of carbonyl (C=O) groups excluding carboxylic acids is 1. The second kappa shape index (κ2) is 5.92. The molecule has 1 aliphatic heterocycles. The number of carbonyl (C=O) groups is 2. The molecule has 98 valence electrons. The summed E-state index contributed by atoms with van der Waals surface area (Å²) >= 11 is 1.22. The van der Waals surface area contributed by atoms with Crippen molar-refractivity contribution in [1.82, 2.24) is 10.3 Å². The first-order chi connectivity index (χ1) is 8.66. The van der Waals surface area contributed by atoms with Crippen LogP contribution in [-0.2, 0) is 16.1 Å². The summed E-state index contributed by atoms with van der Waals surface area (Å²) in [5.74, 6) is -1.21. The van der Waals surface area contributed by atoms with E-state index in [1.165, 1.54) is 16.7 Å². The molecular formula is C11H14N2O4S. The molecule has 1 atom stereocenters. The van der Waals surface area contributed by atoms with Crippen LogP contribution in [0.2, 0.25) is 0 Å². The SMILES string of the molecule is O=C(O)c1csc(CNC(=O)[C@H]2CCCCO2)n1. The number of aromatic nitrogens is 1. The number of rotatable bonds is 4. The van der Waals surface area contributed by atoms with Crippen molar-refractivity contribution in [1.29, 1.82) is 0 Å². The number of nitrogens with zero attached hydrogens (tertiary/aromatic N) is 1. The molecule has 0 aromatic carbocycles. The largest absolute Gasteiger partial charge is 0.476 e. The fraction of sp³-hybridized carbons (Fsp3) is 0.545. The van der Waals surface area contributed by atoms with E-state index in [0.29, 0.717) is 11.6 Å². The quantitative estimate of drug-likeness (QED) is 0.853. The highest BCUT2D eigenvalue weighted by Gasteiger charge is 2.21. The van der Waals surface area contributed by atoms with Crippen molar-refractivity contribution >= 4 is 23.2 Å². The van der Waals surface area contributed by atoms with Gasteiger partial charge in [0.05, 0.1) is 6.54 Å². The summed E-state index contributed by atoms with van der Waals surface area (Å²) in [6.45, 7) is 0.870. The Bertz CT molecular complexity index is 440. The van der Waals surface area contributed by atoms with Crippen LogP contribution < -0.4 is 5.32 Å². The van der Waals surface area contributed by atoms with Gasteiger partial charge in [-0.1, -0.05) is 0 Å². The highest BCUT2D eigenvalue weighted by Crippen LogP contribution is 2.13. The number of thiazole rings is 1. The van der Waals surface area contributed by atoms with Crippen molar-refractivity contribution in [2.45, 2.75) is 31.9 Å². The van der Waals surface area contributed by atoms with E-state index in [-0.39, 0.29) is 24.2 Å². The molecule has 0 radical (unpaired) electrons. The van der Waals surface area contributed by atoms with Crippen molar-refractivity contribution in [2.24, 2.45) is 0 Å². The average molecular weight is 270 g/mol. The number of amides is 1. The van der Waals surface area contributed by atoms with Gasteiger partial charge in [0.1, 0.15) is 11.1 Å². The molecule has 0 unspecified atom stereocenters. The molecule has 2 heterocycles. The zero-order valence-electron chi connectivity index (χ0n) is 9.72. The number of nitrogens with one attached hydrogen (secondary N) is 1. The van der Waals surface area contributed by atoms with Gasteiger partial charge < -0.3 is 15.2 Å². The normalized spacial score (nSPS) is 19.4. The van der Waals surface area contributed by atoms with Gasteiger partial charge >= 0.3 is 5.97 Å². The summed E-state index contributed by atoms with van der Waals surface area (Å²) < 4.78 is 5.35. The van der Waals surface area contributed by atoms with E-state index in [2.05, 4.69) is 10.3 Å². The van der Waals surface area contributed by atoms with Gasteiger partial charge in [0, 0.05) is 12.0 Å². The van der Waals surface area contributed by atoms with Gasteiger partial charge in [0.25, 0.3) is 0 Å². The Morgan fingerprint density at radius 1 is 1.56 bits per heavy atom. The molecule has 0 bridgehead atoms. The third-order valence-corrected chi connectivity index (χ3v) is 3.51. The summed E-state index contributed by atoms with van der Waals surface area (Å²) in [5, 5.41) is 13.5. The van der Waals surface area contributed by atoms with Gasteiger partial charge in [-0.2, -0.15) is 0 Å². The van der Waals surface area contributed by atoms with E-state index >= 15 is 0 Å². The van der Waals surface area contributed by atoms with E-state index in [1.807, 2.05) is 0 Å². The summed E-state index contributed by atoms with van der Waals surface area (Å²) in [6.07, 6.45) is 2.36. The minimum absolute atomic E-state index is 0.0122. The molecule has 1 aliphatic rings. The third-order valence-electron chi connectivity index (χ3n) is 2.66. The van der Waals surface area contributed by atoms with Crippen LogP contribution in [0.5, 0.6) is 0 Å². The van der Waals surface area contributed by atoms with Crippen LogP contribution in [0, 0.1) is 0 Å². The van der Waals surface area contributed by atoms with Crippen molar-refractivity contribution in [3.63, 3.8) is 0 Å². The molecule has 0 spiro atoms. The first-order valence-electron chi connectivity index (χ1n) is 5.74. The predicted octanol–water partition coefficient (Wildman–Crippen LogP) is 1.03. The Hall–Kier alpha value is -1.47. The summed E-state index contributed by atoms with van der Waals surface area (Å²) in [4.78, 5) is 26.3. The lowest BCUT2D eigenvalue weighted by atomic mass is 10.1. The van der Waals surface area contributed by atoms with Crippen LogP contribution >= 0.6 is 11.3 Å². The Kier molecular flexibility index (Phi) is 4.27. The first kappa shape index (κ1) is 13.0. The highest BCUT2D eigenvalue weighted by atomic mass is 32.1. The molecule has 6 nitrogen and oxygen atoms in total. The smallest absolute Gasteiger partial charge is 0.355 e. The number of aromatic carboxylic acids is 1. The molecule has 1 aromatic heterocycles. The Morgan fingerprint density at radius 2 is 2.39 bits per heavy atom. The topological polar surface area (TPSA) is 88.5 Å². The van der Waals surface area contributed by atoms with Crippen molar-refractivity contribution < 1.29 is 19.4 Å². The van der Waals surface area contributed by atoms with Gasteiger partial charge in [-0.15, -0.1) is 11.3 Å². The van der Waals surface area contributed by atoms with Crippen LogP contribution in [0.15, 0.2) is 5.38 Å². The summed E-state index contributed by atoms with van der Waals surface area (Å²) in [5.41, 5.74) is 0.0122. The lowest BCUT2D eigenvalue weighted by Crippen LogP contribution is -2.37. The van der Waals surface area contributed by atoms with Crippen LogP contribution in [-0.4, -0.2) is 34.7 Å². The maximum atomic E-state index is 11.7. The van der Waals surface area contributed by atoms with Gasteiger partial charge in [-0.3, -0.25) is 4.79 Å². The number of hydrogen-bond acceptors (Lipinski definition) is 5. The van der Waals surface area contributed by atoms with Gasteiger partial charge in [0.15, 0.2) is 5.69 Å². The predicted molar refractivity (Wildman–Crippen MR) is 64.5 cm³/mol. The molecule has 2 N–H and O–H groups in total. The van der Waals surface area contributed by atoms with Gasteiger partial charge in [0.2, 0.25) is 5.91 Å². The Labute approximate surface area is 108 Å². The molecule has 1 saturated heterocycles. The molecule has 7 heteroatoms. The van der Waals surface area contributed by atoms with E-state index in [4.69, 9.17) is 9.84 Å². The Morgan fingerprint density at radius 3 is 3.00 bits per heavy atom. The maximum Gasteiger partial charge on any atom is 0.355 e. The Balaban J connectivity index is 1.82. The van der Waals surface area contributed by atoms with Crippen molar-refractivity contribution in [3.05, 3.63) is 16.1 Å². The monoisotopic (exact) mass is 270 g/mol. The van der Waals surface area contributed by atoms with Crippen molar-refractivity contribution in [3.8, 4) is 0 Å². The molecule has 0 aliphatic carbocycles. The van der Waals surface area contributed by atoms with Gasteiger partial charge in [-0.25, -0.2) is 9.78 Å². The fourth-order valence-electron chi connectivity index (χ4n) is 1.71. The minimum Gasteiger partial charge on any atom is -0.476 e. The second-order valence-electron chi connectivity index (χ2n) is 4.00. The van der Waals surface area contributed by atoms with Crippen LogP contribution in [0.25, 0.3) is 0 Å². The average Bonchev–Trinajstić information content (AvgIpc) is 2.86. The lowest BCUT2D eigenvalue weighted by molar-refractivity contribution is -0.135. The number of carboxylic acid groups (broad SMARTS) is 1. The molecule has 2 rings (SSSR count). The maximum absolute atomic E-state index is 11.7. The summed E-state index contributed by atoms with van der Waals surface area (Å²) in [6, 6.07) is 0. The molecule has 18 heavy (non-hydrogen) atoms. The van der Waals surface area contributed by atoms with Crippen molar-refractivity contribution in [2.75, 3.05) is 6.61 Å². The molecule has 1 aromatic rings. The zero-order valence-corrected chi connectivity index (χ0v) is 10.5. The number of carboxylic acids is 1. The van der Waals surface area contributed by atoms with E-state index in [0.717, 1.165) is 19.3 Å². The van der Waals surface area contributed by atoms with E-state index in [9.17, 15) is 9.59 Å². The minimum atomic E-state index is -1.06. The lowest BCUT2D eigenvalue weighted by Gasteiger charge is -2.21. The number of hydrogen-bond donors (Lipinski definition) is 2. The fourth-order valence-corrected chi connectivity index (χ4v) is 2.42. The summed E-state index contributed by atoms with van der Waals surface area (Å²) in [7, 11) is 0. The standard InChI is InChI=1S/C11H14N2O4S/c14-10(8-3-1-2-4-17-8)12-5-9-13-7(6-18-9)11(15)16/h6,8H,1-5H2,(H,12,14)(H,15,16)/t8-/m1/s1. The molecular weight excluding hydrogens is 256 g/mol. The van der Waals surface area contributed by atoms with Gasteiger partial charge in [-0.05, 0) is 19.3 Å². The van der Waals surface area contributed by atoms with Crippen LogP contribution in [0.1, 0.15) is 34.8 Å². The second-order valence-corrected chi connectivity index (χ2v) is 4.95. The first-order valence-corrected chi connectivity index (χ1v) is 6.62. The third kappa shape index (κ3) is 3.27. The van der Waals surface area contributed by atoms with Crippen LogP contribution in [0.3, 0.4) is 0 Å².